The zero-order chi connectivity index (χ0) is 16.5. The van der Waals surface area contributed by atoms with Crippen LogP contribution in [0.1, 0.15) is 24.6 Å². The van der Waals surface area contributed by atoms with Crippen molar-refractivity contribution in [2.45, 2.75) is 18.9 Å². The number of aromatic amines is 1. The van der Waals surface area contributed by atoms with Crippen LogP contribution in [0.15, 0.2) is 24.9 Å². The molecule has 2 atom stereocenters. The highest BCUT2D eigenvalue weighted by Gasteiger charge is 2.32. The summed E-state index contributed by atoms with van der Waals surface area (Å²) in [6, 6.07) is 2.48. The van der Waals surface area contributed by atoms with Crippen molar-refractivity contribution in [3.05, 3.63) is 30.6 Å². The molecule has 0 saturated carbocycles. The number of nitrogens with zero attached hydrogens (tertiary/aromatic N) is 6. The molecule has 3 aromatic heterocycles. The fraction of sp³-hybridized carbons (Fsp3) is 0.500. The normalized spacial score (nSPS) is 22.1. The van der Waals surface area contributed by atoms with Gasteiger partial charge in [-0.05, 0) is 38.4 Å². The second-order valence-electron chi connectivity index (χ2n) is 6.41. The van der Waals surface area contributed by atoms with Gasteiger partial charge in [0.25, 0.3) is 0 Å². The molecule has 24 heavy (non-hydrogen) atoms. The van der Waals surface area contributed by atoms with E-state index in [-0.39, 0.29) is 0 Å². The molecule has 0 radical (unpaired) electrons. The van der Waals surface area contributed by atoms with E-state index in [0.717, 1.165) is 24.4 Å². The third kappa shape index (κ3) is 2.62. The molecule has 8 heteroatoms. The molecular weight excluding hydrogens is 304 g/mol. The summed E-state index contributed by atoms with van der Waals surface area (Å²) in [7, 11) is 4.21. The fourth-order valence-electron chi connectivity index (χ4n) is 3.74. The molecule has 126 valence electrons. The molecule has 0 amide bonds. The Hall–Kier alpha value is -2.48. The van der Waals surface area contributed by atoms with Gasteiger partial charge in [-0.1, -0.05) is 0 Å². The first-order valence-corrected chi connectivity index (χ1v) is 8.30. The molecule has 0 bridgehead atoms. The quantitative estimate of drug-likeness (QED) is 0.757. The van der Waals surface area contributed by atoms with Gasteiger partial charge in [0.05, 0.1) is 18.1 Å². The third-order valence-corrected chi connectivity index (χ3v) is 4.92. The summed E-state index contributed by atoms with van der Waals surface area (Å²) in [4.78, 5) is 18.3. The number of piperidine rings is 1. The van der Waals surface area contributed by atoms with Crippen molar-refractivity contribution in [1.82, 2.24) is 34.6 Å². The lowest BCUT2D eigenvalue weighted by Crippen LogP contribution is -2.40. The van der Waals surface area contributed by atoms with Crippen LogP contribution in [0.5, 0.6) is 0 Å². The molecule has 4 rings (SSSR count). The van der Waals surface area contributed by atoms with Gasteiger partial charge in [0.15, 0.2) is 11.5 Å². The molecule has 1 aliphatic rings. The van der Waals surface area contributed by atoms with E-state index >= 15 is 0 Å². The zero-order valence-electron chi connectivity index (χ0n) is 14.0. The Morgan fingerprint density at radius 2 is 2.21 bits per heavy atom. The van der Waals surface area contributed by atoms with Gasteiger partial charge >= 0.3 is 0 Å². The van der Waals surface area contributed by atoms with Crippen molar-refractivity contribution in [3.8, 4) is 0 Å². The van der Waals surface area contributed by atoms with E-state index in [0.29, 0.717) is 17.6 Å². The number of imidazole rings is 1. The minimum atomic E-state index is 0.359. The van der Waals surface area contributed by atoms with Crippen molar-refractivity contribution >= 4 is 17.0 Å². The summed E-state index contributed by atoms with van der Waals surface area (Å²) < 4.78 is 1.98. The van der Waals surface area contributed by atoms with E-state index in [2.05, 4.69) is 48.4 Å². The van der Waals surface area contributed by atoms with Crippen LogP contribution in [0.2, 0.25) is 0 Å². The van der Waals surface area contributed by atoms with Gasteiger partial charge in [-0.25, -0.2) is 15.0 Å². The number of likely N-dealkylation sites (tertiary alicyclic amines) is 1. The number of hydrogen-bond acceptors (Lipinski definition) is 6. The molecule has 1 fully saturated rings. The Morgan fingerprint density at radius 3 is 3.04 bits per heavy atom. The summed E-state index contributed by atoms with van der Waals surface area (Å²) in [5, 5.41) is 7.85. The minimum Gasteiger partial charge on any atom is -0.368 e. The largest absolute Gasteiger partial charge is 0.368 e. The number of nitrogens with one attached hydrogen (secondary N) is 2. The average molecular weight is 326 g/mol. The van der Waals surface area contributed by atoms with Crippen LogP contribution in [0.3, 0.4) is 0 Å². The maximum Gasteiger partial charge on any atom is 0.182 e. The third-order valence-electron chi connectivity index (χ3n) is 4.92. The van der Waals surface area contributed by atoms with Crippen molar-refractivity contribution in [2.75, 3.05) is 25.5 Å². The van der Waals surface area contributed by atoms with E-state index in [4.69, 9.17) is 0 Å². The molecule has 0 unspecified atom stereocenters. The number of H-pyrrole nitrogens is 1. The predicted octanol–water partition coefficient (Wildman–Crippen LogP) is 1.58. The average Bonchev–Trinajstić information content (AvgIpc) is 3.22. The number of rotatable bonds is 4. The molecule has 8 nitrogen and oxygen atoms in total. The summed E-state index contributed by atoms with van der Waals surface area (Å²) in [6.07, 6.45) is 7.47. The molecule has 0 aromatic carbocycles. The Morgan fingerprint density at radius 1 is 1.29 bits per heavy atom. The first-order valence-electron chi connectivity index (χ1n) is 8.30. The lowest BCUT2D eigenvalue weighted by molar-refractivity contribution is 0.121. The second-order valence-corrected chi connectivity index (χ2v) is 6.41. The summed E-state index contributed by atoms with van der Waals surface area (Å²) in [5.74, 6) is 1.31. The first-order chi connectivity index (χ1) is 11.7. The van der Waals surface area contributed by atoms with Crippen molar-refractivity contribution in [3.63, 3.8) is 0 Å². The van der Waals surface area contributed by atoms with E-state index in [1.54, 1.807) is 12.7 Å². The molecule has 4 heterocycles. The highest BCUT2D eigenvalue weighted by molar-refractivity contribution is 5.81. The van der Waals surface area contributed by atoms with Gasteiger partial charge in [0.2, 0.25) is 0 Å². The van der Waals surface area contributed by atoms with Crippen molar-refractivity contribution in [1.29, 1.82) is 0 Å². The monoisotopic (exact) mass is 326 g/mol. The highest BCUT2D eigenvalue weighted by Crippen LogP contribution is 2.35. The summed E-state index contributed by atoms with van der Waals surface area (Å²) >= 11 is 0. The molecular formula is C16H22N8. The smallest absolute Gasteiger partial charge is 0.182 e. The van der Waals surface area contributed by atoms with Gasteiger partial charge in [-0.3, -0.25) is 9.58 Å². The van der Waals surface area contributed by atoms with Crippen LogP contribution in [-0.2, 0) is 7.05 Å². The number of aryl methyl sites for hydroxylation is 1. The Balaban J connectivity index is 1.56. The SMILES string of the molecule is CN1CCC[C@@H](CNc2ncnc3nc[nH]c23)[C@@H]1c1ccnn1C. The summed E-state index contributed by atoms with van der Waals surface area (Å²) in [5.41, 5.74) is 2.81. The van der Waals surface area contributed by atoms with Crippen LogP contribution in [0.4, 0.5) is 5.82 Å². The van der Waals surface area contributed by atoms with Crippen LogP contribution >= 0.6 is 0 Å². The standard InChI is InChI=1S/C16H22N8/c1-23-7-3-4-11(14(23)12-5-6-22-24(12)2)8-17-15-13-16(19-9-18-13)21-10-20-15/h5-6,9-11,14H,3-4,7-8H2,1-2H3,(H2,17,18,19,20,21)/t11-,14+/m0/s1. The fourth-order valence-corrected chi connectivity index (χ4v) is 3.74. The van der Waals surface area contributed by atoms with E-state index < -0.39 is 0 Å². The van der Waals surface area contributed by atoms with E-state index in [1.165, 1.54) is 18.5 Å². The molecule has 2 N–H and O–H groups in total. The van der Waals surface area contributed by atoms with Crippen LogP contribution < -0.4 is 5.32 Å². The van der Waals surface area contributed by atoms with Crippen LogP contribution in [0.25, 0.3) is 11.2 Å². The van der Waals surface area contributed by atoms with Gasteiger partial charge < -0.3 is 10.3 Å². The Labute approximate surface area is 140 Å². The number of fused-ring (bicyclic) bond motifs is 1. The van der Waals surface area contributed by atoms with Crippen LogP contribution in [0, 0.1) is 5.92 Å². The molecule has 1 saturated heterocycles. The predicted molar refractivity (Wildman–Crippen MR) is 91.5 cm³/mol. The molecule has 1 aliphatic heterocycles. The van der Waals surface area contributed by atoms with E-state index in [1.807, 2.05) is 17.9 Å². The first kappa shape index (κ1) is 15.1. The maximum atomic E-state index is 4.36. The lowest BCUT2D eigenvalue weighted by Gasteiger charge is -2.39. The number of aromatic nitrogens is 6. The second kappa shape index (κ2) is 6.20. The highest BCUT2D eigenvalue weighted by atomic mass is 15.3. The van der Waals surface area contributed by atoms with Crippen molar-refractivity contribution in [2.24, 2.45) is 13.0 Å². The van der Waals surface area contributed by atoms with Gasteiger partial charge in [0, 0.05) is 19.8 Å². The number of hydrogen-bond donors (Lipinski definition) is 2. The lowest BCUT2D eigenvalue weighted by atomic mass is 9.87. The molecule has 3 aromatic rings. The zero-order valence-corrected chi connectivity index (χ0v) is 14.0. The van der Waals surface area contributed by atoms with Gasteiger partial charge in [0.1, 0.15) is 11.8 Å². The Kier molecular flexibility index (Phi) is 3.89. The maximum absolute atomic E-state index is 4.36. The van der Waals surface area contributed by atoms with Crippen molar-refractivity contribution < 1.29 is 0 Å². The summed E-state index contributed by atoms with van der Waals surface area (Å²) in [6.45, 7) is 1.97. The Bertz CT molecular complexity index is 822. The molecule has 0 spiro atoms. The van der Waals surface area contributed by atoms with Gasteiger partial charge in [-0.15, -0.1) is 0 Å². The van der Waals surface area contributed by atoms with E-state index in [9.17, 15) is 0 Å². The van der Waals surface area contributed by atoms with Crippen LogP contribution in [-0.4, -0.2) is 54.8 Å². The minimum absolute atomic E-state index is 0.359. The topological polar surface area (TPSA) is 87.5 Å². The molecule has 0 aliphatic carbocycles. The number of anilines is 1. The van der Waals surface area contributed by atoms with Gasteiger partial charge in [-0.2, -0.15) is 5.10 Å².